The highest BCUT2D eigenvalue weighted by Gasteiger charge is 2.57. The molecule has 0 radical (unpaired) electrons. The van der Waals surface area contributed by atoms with Gasteiger partial charge in [0, 0.05) is 18.2 Å². The Hall–Kier alpha value is -4.73. The molecule has 0 N–H and O–H groups in total. The molecule has 3 heterocycles. The van der Waals surface area contributed by atoms with E-state index in [4.69, 9.17) is 9.47 Å². The van der Waals surface area contributed by atoms with Crippen LogP contribution >= 0.6 is 0 Å². The third-order valence-electron chi connectivity index (χ3n) is 6.23. The molecule has 3 aliphatic heterocycles. The summed E-state index contributed by atoms with van der Waals surface area (Å²) in [5, 5.41) is 17.3. The fourth-order valence-corrected chi connectivity index (χ4v) is 4.63. The SMILES string of the molecule is O=C1[C@@H]2C(c3ccc([N+](=O)[O-])cc3)=NN(c3ccccc3)[C@H]2C(=O)N1c1ccc2c(c1)OCCO2. The summed E-state index contributed by atoms with van der Waals surface area (Å²) in [6.07, 6.45) is 0. The number of para-hydroxylation sites is 1. The molecule has 6 rings (SSSR count). The number of amides is 2. The summed E-state index contributed by atoms with van der Waals surface area (Å²) in [7, 11) is 0. The molecular weight excluding hydrogens is 452 g/mol. The van der Waals surface area contributed by atoms with Gasteiger partial charge in [-0.2, -0.15) is 5.10 Å². The predicted molar refractivity (Wildman–Crippen MR) is 126 cm³/mol. The van der Waals surface area contributed by atoms with Gasteiger partial charge in [0.1, 0.15) is 25.2 Å². The summed E-state index contributed by atoms with van der Waals surface area (Å²) in [4.78, 5) is 39.2. The Morgan fingerprint density at radius 3 is 2.29 bits per heavy atom. The van der Waals surface area contributed by atoms with E-state index in [2.05, 4.69) is 5.10 Å². The van der Waals surface area contributed by atoms with Crippen molar-refractivity contribution >= 4 is 34.6 Å². The number of nitrogens with zero attached hydrogens (tertiary/aromatic N) is 4. The van der Waals surface area contributed by atoms with Crippen LogP contribution in [0.5, 0.6) is 11.5 Å². The molecule has 3 aromatic carbocycles. The standard InChI is InChI=1S/C25H18N4O6/c30-24-21-22(15-6-8-17(9-7-15)29(32)33)26-28(16-4-2-1-3-5-16)23(21)25(31)27(24)18-10-11-19-20(14-18)35-13-12-34-19/h1-11,14,21,23H,12-13H2/t21-,23-/m1/s1. The van der Waals surface area contributed by atoms with E-state index in [1.165, 1.54) is 12.1 Å². The Morgan fingerprint density at radius 2 is 1.57 bits per heavy atom. The van der Waals surface area contributed by atoms with Crippen LogP contribution in [0.25, 0.3) is 0 Å². The fraction of sp³-hybridized carbons (Fsp3) is 0.160. The number of non-ortho nitro benzene ring substituents is 1. The largest absolute Gasteiger partial charge is 0.486 e. The van der Waals surface area contributed by atoms with Crippen LogP contribution in [0.2, 0.25) is 0 Å². The van der Waals surface area contributed by atoms with Gasteiger partial charge < -0.3 is 9.47 Å². The number of ether oxygens (including phenoxy) is 2. The van der Waals surface area contributed by atoms with Gasteiger partial charge in [0.2, 0.25) is 5.91 Å². The Bertz CT molecular complexity index is 1390. The number of rotatable bonds is 4. The number of hydrazone groups is 1. The lowest BCUT2D eigenvalue weighted by molar-refractivity contribution is -0.384. The topological polar surface area (TPSA) is 115 Å². The van der Waals surface area contributed by atoms with Crippen molar-refractivity contribution in [1.82, 2.24) is 0 Å². The zero-order valence-corrected chi connectivity index (χ0v) is 18.2. The second kappa shape index (κ2) is 7.94. The van der Waals surface area contributed by atoms with Crippen molar-refractivity contribution in [3.05, 3.63) is 88.5 Å². The molecule has 10 nitrogen and oxygen atoms in total. The van der Waals surface area contributed by atoms with E-state index in [9.17, 15) is 19.7 Å². The quantitative estimate of drug-likeness (QED) is 0.327. The molecule has 35 heavy (non-hydrogen) atoms. The number of nitro groups is 1. The van der Waals surface area contributed by atoms with Crippen molar-refractivity contribution in [2.75, 3.05) is 23.1 Å². The maximum Gasteiger partial charge on any atom is 0.269 e. The number of nitro benzene ring substituents is 1. The average Bonchev–Trinajstić information content (AvgIpc) is 3.41. The lowest BCUT2D eigenvalue weighted by Gasteiger charge is -2.23. The molecule has 0 aliphatic carbocycles. The molecule has 0 aromatic heterocycles. The highest BCUT2D eigenvalue weighted by molar-refractivity contribution is 6.34. The zero-order chi connectivity index (χ0) is 24.1. The lowest BCUT2D eigenvalue weighted by atomic mass is 9.92. The maximum absolute atomic E-state index is 13.7. The number of carbonyl (C=O) groups excluding carboxylic acids is 2. The molecule has 0 saturated carbocycles. The average molecular weight is 470 g/mol. The first-order chi connectivity index (χ1) is 17.0. The summed E-state index contributed by atoms with van der Waals surface area (Å²) in [5.74, 6) is -0.695. The Balaban J connectivity index is 1.43. The summed E-state index contributed by atoms with van der Waals surface area (Å²) in [6, 6.07) is 19.0. The van der Waals surface area contributed by atoms with Gasteiger partial charge in [-0.1, -0.05) is 18.2 Å². The molecule has 10 heteroatoms. The predicted octanol–water partition coefficient (Wildman–Crippen LogP) is 3.15. The van der Waals surface area contributed by atoms with Crippen molar-refractivity contribution in [2.24, 2.45) is 11.0 Å². The monoisotopic (exact) mass is 470 g/mol. The van der Waals surface area contributed by atoms with Crippen LogP contribution in [0.15, 0.2) is 77.9 Å². The van der Waals surface area contributed by atoms with E-state index in [-0.39, 0.29) is 5.69 Å². The summed E-state index contributed by atoms with van der Waals surface area (Å²) in [5.41, 5.74) is 1.89. The maximum atomic E-state index is 13.7. The minimum atomic E-state index is -0.886. The van der Waals surface area contributed by atoms with Gasteiger partial charge >= 0.3 is 0 Å². The molecule has 1 fully saturated rings. The van der Waals surface area contributed by atoms with Crippen molar-refractivity contribution in [2.45, 2.75) is 6.04 Å². The highest BCUT2D eigenvalue weighted by Crippen LogP contribution is 2.41. The number of anilines is 2. The summed E-state index contributed by atoms with van der Waals surface area (Å²) in [6.45, 7) is 0.807. The number of carbonyl (C=O) groups is 2. The molecule has 2 amide bonds. The van der Waals surface area contributed by atoms with Gasteiger partial charge in [0.05, 0.1) is 22.0 Å². The zero-order valence-electron chi connectivity index (χ0n) is 18.2. The van der Waals surface area contributed by atoms with Crippen LogP contribution in [0, 0.1) is 16.0 Å². The van der Waals surface area contributed by atoms with E-state index in [1.807, 2.05) is 30.3 Å². The highest BCUT2D eigenvalue weighted by atomic mass is 16.6. The van der Waals surface area contributed by atoms with E-state index >= 15 is 0 Å². The van der Waals surface area contributed by atoms with Crippen molar-refractivity contribution in [3.8, 4) is 11.5 Å². The number of fused-ring (bicyclic) bond motifs is 2. The molecule has 3 aliphatic rings. The Labute approximate surface area is 199 Å². The molecular formula is C25H18N4O6. The Kier molecular flexibility index (Phi) is 4.73. The number of benzene rings is 3. The van der Waals surface area contributed by atoms with Gasteiger partial charge in [-0.25, -0.2) is 4.90 Å². The second-order valence-corrected chi connectivity index (χ2v) is 8.23. The minimum absolute atomic E-state index is 0.0736. The van der Waals surface area contributed by atoms with Crippen LogP contribution in [-0.2, 0) is 9.59 Å². The first-order valence-electron chi connectivity index (χ1n) is 11.0. The van der Waals surface area contributed by atoms with Crippen molar-refractivity contribution < 1.29 is 24.0 Å². The van der Waals surface area contributed by atoms with Gasteiger partial charge in [0.25, 0.3) is 11.6 Å². The molecule has 174 valence electrons. The first-order valence-corrected chi connectivity index (χ1v) is 11.0. The first kappa shape index (κ1) is 20.8. The minimum Gasteiger partial charge on any atom is -0.486 e. The van der Waals surface area contributed by atoms with Crippen LogP contribution in [0.4, 0.5) is 17.1 Å². The van der Waals surface area contributed by atoms with Crippen LogP contribution in [0.3, 0.4) is 0 Å². The number of hydrogen-bond acceptors (Lipinski definition) is 8. The van der Waals surface area contributed by atoms with Crippen LogP contribution in [0.1, 0.15) is 5.56 Å². The molecule has 3 aromatic rings. The van der Waals surface area contributed by atoms with Crippen LogP contribution < -0.4 is 19.4 Å². The molecule has 1 saturated heterocycles. The Morgan fingerprint density at radius 1 is 0.857 bits per heavy atom. The van der Waals surface area contributed by atoms with Crippen molar-refractivity contribution in [3.63, 3.8) is 0 Å². The molecule has 0 spiro atoms. The number of hydrogen-bond donors (Lipinski definition) is 0. The third-order valence-corrected chi connectivity index (χ3v) is 6.23. The van der Waals surface area contributed by atoms with Gasteiger partial charge in [-0.3, -0.25) is 24.7 Å². The van der Waals surface area contributed by atoms with Gasteiger partial charge in [-0.05, 0) is 42.0 Å². The van der Waals surface area contributed by atoms with Gasteiger partial charge in [-0.15, -0.1) is 0 Å². The van der Waals surface area contributed by atoms with Crippen LogP contribution in [-0.4, -0.2) is 41.7 Å². The van der Waals surface area contributed by atoms with E-state index in [0.717, 1.165) is 4.90 Å². The normalized spacial score (nSPS) is 20.6. The van der Waals surface area contributed by atoms with Gasteiger partial charge in [0.15, 0.2) is 11.5 Å². The molecule has 0 bridgehead atoms. The van der Waals surface area contributed by atoms with E-state index < -0.39 is 28.7 Å². The number of imide groups is 1. The second-order valence-electron chi connectivity index (χ2n) is 8.23. The fourth-order valence-electron chi connectivity index (χ4n) is 4.63. The molecule has 2 atom stereocenters. The molecule has 0 unspecified atom stereocenters. The van der Waals surface area contributed by atoms with E-state index in [1.54, 1.807) is 35.3 Å². The third kappa shape index (κ3) is 3.30. The summed E-state index contributed by atoms with van der Waals surface area (Å²) >= 11 is 0. The van der Waals surface area contributed by atoms with Crippen molar-refractivity contribution in [1.29, 1.82) is 0 Å². The summed E-state index contributed by atoms with van der Waals surface area (Å²) < 4.78 is 11.2. The van der Waals surface area contributed by atoms with E-state index in [0.29, 0.717) is 47.4 Å². The smallest absolute Gasteiger partial charge is 0.269 e. The lowest BCUT2D eigenvalue weighted by Crippen LogP contribution is -2.39.